The molecule has 2 heterocycles. The molecule has 0 aliphatic carbocycles. The van der Waals surface area contributed by atoms with Crippen molar-refractivity contribution < 1.29 is 13.2 Å². The lowest BCUT2D eigenvalue weighted by molar-refractivity contribution is 0.0812. The molecule has 7 nitrogen and oxygen atoms in total. The van der Waals surface area contributed by atoms with Crippen molar-refractivity contribution in [3.8, 4) is 0 Å². The van der Waals surface area contributed by atoms with Gasteiger partial charge in [0.2, 0.25) is 10.0 Å². The third kappa shape index (κ3) is 2.50. The number of carbonyl (C=O) groups is 1. The summed E-state index contributed by atoms with van der Waals surface area (Å²) in [6, 6.07) is 0. The van der Waals surface area contributed by atoms with E-state index in [2.05, 4.69) is 4.98 Å². The van der Waals surface area contributed by atoms with Crippen molar-refractivity contribution in [1.82, 2.24) is 18.8 Å². The summed E-state index contributed by atoms with van der Waals surface area (Å²) in [4.78, 5) is 17.7. The van der Waals surface area contributed by atoms with Crippen molar-refractivity contribution in [3.05, 3.63) is 17.2 Å². The van der Waals surface area contributed by atoms with E-state index in [-0.39, 0.29) is 12.5 Å². The number of amides is 1. The molecule has 1 aliphatic rings. The monoisotopic (exact) mass is 286 g/mol. The molecule has 0 saturated heterocycles. The maximum absolute atomic E-state index is 12.0. The Morgan fingerprint density at radius 1 is 1.37 bits per heavy atom. The molecule has 8 heteroatoms. The fourth-order valence-corrected chi connectivity index (χ4v) is 2.96. The lowest BCUT2D eigenvalue weighted by atomic mass is 10.2. The largest absolute Gasteiger partial charge is 0.342 e. The summed E-state index contributed by atoms with van der Waals surface area (Å²) >= 11 is 0. The van der Waals surface area contributed by atoms with E-state index in [1.54, 1.807) is 25.7 Å². The van der Waals surface area contributed by atoms with Crippen molar-refractivity contribution >= 4 is 15.9 Å². The predicted octanol–water partition coefficient (Wildman–Crippen LogP) is -0.560. The second kappa shape index (κ2) is 4.61. The molecule has 0 unspecified atom stereocenters. The van der Waals surface area contributed by atoms with Crippen molar-refractivity contribution in [2.75, 3.05) is 26.9 Å². The standard InChI is InChI=1S/C11H18N4O3S/c1-13(2)11(16)10-12-8-7-15(19(4,17)18)6-5-9(8)14(10)3/h5-7H2,1-4H3. The lowest BCUT2D eigenvalue weighted by Gasteiger charge is -2.24. The molecule has 19 heavy (non-hydrogen) atoms. The summed E-state index contributed by atoms with van der Waals surface area (Å²) in [5.41, 5.74) is 1.61. The molecule has 0 fully saturated rings. The summed E-state index contributed by atoms with van der Waals surface area (Å²) in [7, 11) is 1.90. The van der Waals surface area contributed by atoms with E-state index in [0.717, 1.165) is 5.69 Å². The molecule has 0 atom stereocenters. The van der Waals surface area contributed by atoms with Gasteiger partial charge in [0.1, 0.15) is 0 Å². The van der Waals surface area contributed by atoms with E-state index < -0.39 is 10.0 Å². The van der Waals surface area contributed by atoms with Gasteiger partial charge in [0.15, 0.2) is 5.82 Å². The number of imidazole rings is 1. The van der Waals surface area contributed by atoms with Gasteiger partial charge in [0.05, 0.1) is 18.5 Å². The average molecular weight is 286 g/mol. The van der Waals surface area contributed by atoms with Crippen LogP contribution < -0.4 is 0 Å². The Balaban J connectivity index is 2.38. The second-order valence-corrected chi connectivity index (χ2v) is 6.92. The summed E-state index contributed by atoms with van der Waals surface area (Å²) < 4.78 is 26.2. The quantitative estimate of drug-likeness (QED) is 0.730. The fraction of sp³-hybridized carbons (Fsp3) is 0.636. The highest BCUT2D eigenvalue weighted by Crippen LogP contribution is 2.21. The fourth-order valence-electron chi connectivity index (χ4n) is 2.18. The van der Waals surface area contributed by atoms with E-state index in [0.29, 0.717) is 24.5 Å². The second-order valence-electron chi connectivity index (χ2n) is 4.93. The minimum atomic E-state index is -3.22. The zero-order valence-corrected chi connectivity index (χ0v) is 12.4. The number of aromatic nitrogens is 2. The van der Waals surface area contributed by atoms with E-state index in [1.165, 1.54) is 15.5 Å². The predicted molar refractivity (Wildman–Crippen MR) is 70.2 cm³/mol. The first kappa shape index (κ1) is 14.0. The molecule has 2 rings (SSSR count). The van der Waals surface area contributed by atoms with Crippen molar-refractivity contribution in [2.24, 2.45) is 7.05 Å². The van der Waals surface area contributed by atoms with Gasteiger partial charge in [0.25, 0.3) is 5.91 Å². The maximum atomic E-state index is 12.0. The Morgan fingerprint density at radius 2 is 2.00 bits per heavy atom. The van der Waals surface area contributed by atoms with E-state index in [4.69, 9.17) is 0 Å². The van der Waals surface area contributed by atoms with Crippen LogP contribution in [-0.2, 0) is 30.0 Å². The number of sulfonamides is 1. The first-order valence-electron chi connectivity index (χ1n) is 5.93. The van der Waals surface area contributed by atoms with Crippen LogP contribution in [0.1, 0.15) is 22.0 Å². The molecule has 106 valence electrons. The number of rotatable bonds is 2. The van der Waals surface area contributed by atoms with Crippen LogP contribution in [0.4, 0.5) is 0 Å². The molecule has 0 radical (unpaired) electrons. The highest BCUT2D eigenvalue weighted by atomic mass is 32.2. The van der Waals surface area contributed by atoms with E-state index in [9.17, 15) is 13.2 Å². The normalized spacial score (nSPS) is 16.2. The molecular weight excluding hydrogens is 268 g/mol. The molecule has 1 aliphatic heterocycles. The van der Waals surface area contributed by atoms with Crippen LogP contribution in [0, 0.1) is 0 Å². The topological polar surface area (TPSA) is 75.5 Å². The van der Waals surface area contributed by atoms with Gasteiger partial charge >= 0.3 is 0 Å². The smallest absolute Gasteiger partial charge is 0.289 e. The van der Waals surface area contributed by atoms with E-state index >= 15 is 0 Å². The SMILES string of the molecule is CN(C)C(=O)c1nc2c(n1C)CCN(S(C)(=O)=O)C2. The average Bonchev–Trinajstić information content (AvgIpc) is 2.64. The van der Waals surface area contributed by atoms with Crippen molar-refractivity contribution in [1.29, 1.82) is 0 Å². The van der Waals surface area contributed by atoms with Crippen LogP contribution in [0.25, 0.3) is 0 Å². The number of fused-ring (bicyclic) bond motifs is 1. The van der Waals surface area contributed by atoms with Crippen LogP contribution in [0.2, 0.25) is 0 Å². The Bertz CT molecular complexity index is 618. The molecule has 1 aromatic heterocycles. The number of carbonyl (C=O) groups excluding carboxylic acids is 1. The summed E-state index contributed by atoms with van der Waals surface area (Å²) in [6.07, 6.45) is 1.76. The summed E-state index contributed by atoms with van der Waals surface area (Å²) in [5, 5.41) is 0. The van der Waals surface area contributed by atoms with Gasteiger partial charge in [0, 0.05) is 39.8 Å². The lowest BCUT2D eigenvalue weighted by Crippen LogP contribution is -2.35. The van der Waals surface area contributed by atoms with Crippen molar-refractivity contribution in [3.63, 3.8) is 0 Å². The Kier molecular flexibility index (Phi) is 3.40. The molecule has 1 amide bonds. The first-order chi connectivity index (χ1) is 8.71. The highest BCUT2D eigenvalue weighted by molar-refractivity contribution is 7.88. The highest BCUT2D eigenvalue weighted by Gasteiger charge is 2.29. The Labute approximate surface area is 112 Å². The van der Waals surface area contributed by atoms with Crippen LogP contribution in [0.3, 0.4) is 0 Å². The van der Waals surface area contributed by atoms with Gasteiger partial charge in [-0.1, -0.05) is 0 Å². The molecule has 0 N–H and O–H groups in total. The number of hydrogen-bond acceptors (Lipinski definition) is 4. The Morgan fingerprint density at radius 3 is 2.53 bits per heavy atom. The van der Waals surface area contributed by atoms with Gasteiger partial charge in [-0.15, -0.1) is 0 Å². The van der Waals surface area contributed by atoms with E-state index in [1.807, 2.05) is 0 Å². The number of hydrogen-bond donors (Lipinski definition) is 0. The summed E-state index contributed by atoms with van der Waals surface area (Å²) in [6.45, 7) is 0.670. The summed E-state index contributed by atoms with van der Waals surface area (Å²) in [5.74, 6) is 0.174. The minimum Gasteiger partial charge on any atom is -0.342 e. The molecular formula is C11H18N4O3S. The van der Waals surface area contributed by atoms with Gasteiger partial charge < -0.3 is 9.47 Å². The van der Waals surface area contributed by atoms with Crippen LogP contribution in [0.5, 0.6) is 0 Å². The molecule has 1 aromatic rings. The molecule has 0 spiro atoms. The zero-order chi connectivity index (χ0) is 14.4. The van der Waals surface area contributed by atoms with Gasteiger partial charge in [-0.2, -0.15) is 4.31 Å². The minimum absolute atomic E-state index is 0.178. The zero-order valence-electron chi connectivity index (χ0n) is 11.5. The van der Waals surface area contributed by atoms with Gasteiger partial charge in [-0.05, 0) is 0 Å². The molecule has 0 aromatic carbocycles. The number of nitrogens with zero attached hydrogens (tertiary/aromatic N) is 4. The third-order valence-electron chi connectivity index (χ3n) is 3.29. The molecule has 0 bridgehead atoms. The van der Waals surface area contributed by atoms with Crippen LogP contribution in [0.15, 0.2) is 0 Å². The van der Waals surface area contributed by atoms with Crippen molar-refractivity contribution in [2.45, 2.75) is 13.0 Å². The third-order valence-corrected chi connectivity index (χ3v) is 4.54. The van der Waals surface area contributed by atoms with Crippen LogP contribution in [-0.4, -0.2) is 60.0 Å². The van der Waals surface area contributed by atoms with Crippen LogP contribution >= 0.6 is 0 Å². The Hall–Kier alpha value is -1.41. The first-order valence-corrected chi connectivity index (χ1v) is 7.78. The van der Waals surface area contributed by atoms with Gasteiger partial charge in [-0.25, -0.2) is 13.4 Å². The maximum Gasteiger partial charge on any atom is 0.289 e. The van der Waals surface area contributed by atoms with Gasteiger partial charge in [-0.3, -0.25) is 4.79 Å². The molecule has 0 saturated carbocycles.